The fraction of sp³-hybridized carbons (Fsp3) is 0.929. The molecule has 0 aliphatic carbocycles. The van der Waals surface area contributed by atoms with Gasteiger partial charge in [0.2, 0.25) is 0 Å². The fourth-order valence-electron chi connectivity index (χ4n) is 2.53. The largest absolute Gasteiger partial charge is 0.465 e. The Balaban J connectivity index is 2.38. The highest BCUT2D eigenvalue weighted by Crippen LogP contribution is 2.13. The predicted octanol–water partition coefficient (Wildman–Crippen LogP) is 0.683. The Morgan fingerprint density at radius 2 is 2.11 bits per heavy atom. The summed E-state index contributed by atoms with van der Waals surface area (Å²) in [6.45, 7) is 13.6. The molecule has 112 valence electrons. The fourth-order valence-corrected chi connectivity index (χ4v) is 2.53. The summed E-state index contributed by atoms with van der Waals surface area (Å²) < 4.78 is 5.01. The quantitative estimate of drug-likeness (QED) is 0.720. The van der Waals surface area contributed by atoms with E-state index in [1.165, 1.54) is 0 Å². The number of carbonyl (C=O) groups excluding carboxylic acids is 1. The van der Waals surface area contributed by atoms with Crippen molar-refractivity contribution in [1.29, 1.82) is 0 Å². The maximum Gasteiger partial charge on any atom is 0.325 e. The summed E-state index contributed by atoms with van der Waals surface area (Å²) >= 11 is 0. The number of piperazine rings is 1. The van der Waals surface area contributed by atoms with Crippen molar-refractivity contribution in [1.82, 2.24) is 9.80 Å². The van der Waals surface area contributed by atoms with Crippen LogP contribution in [0.5, 0.6) is 0 Å². The van der Waals surface area contributed by atoms with E-state index in [0.717, 1.165) is 32.7 Å². The van der Waals surface area contributed by atoms with Crippen LogP contribution in [0.4, 0.5) is 0 Å². The van der Waals surface area contributed by atoms with Crippen LogP contribution in [-0.2, 0) is 9.53 Å². The first-order valence-electron chi connectivity index (χ1n) is 7.33. The summed E-state index contributed by atoms with van der Waals surface area (Å²) in [4.78, 5) is 16.6. The summed E-state index contributed by atoms with van der Waals surface area (Å²) in [5.74, 6) is -0.296. The molecular formula is C14H29N3O2. The number of hydrogen-bond donors (Lipinski definition) is 1. The van der Waals surface area contributed by atoms with Crippen LogP contribution in [0.3, 0.4) is 0 Å². The molecule has 0 aromatic rings. The van der Waals surface area contributed by atoms with Gasteiger partial charge in [-0.25, -0.2) is 0 Å². The highest BCUT2D eigenvalue weighted by molar-refractivity contribution is 5.79. The SMILES string of the molecule is CCOC(=O)C(C)(N)CCN1CCN(CC)C(C)C1. The molecule has 0 aromatic heterocycles. The lowest BCUT2D eigenvalue weighted by Gasteiger charge is -2.40. The first kappa shape index (κ1) is 16.4. The van der Waals surface area contributed by atoms with Crippen LogP contribution >= 0.6 is 0 Å². The molecule has 2 atom stereocenters. The van der Waals surface area contributed by atoms with Crippen molar-refractivity contribution in [3.63, 3.8) is 0 Å². The maximum absolute atomic E-state index is 11.7. The molecule has 2 N–H and O–H groups in total. The molecule has 5 nitrogen and oxygen atoms in total. The molecule has 5 heteroatoms. The number of esters is 1. The van der Waals surface area contributed by atoms with Gasteiger partial charge in [-0.2, -0.15) is 0 Å². The van der Waals surface area contributed by atoms with Crippen molar-refractivity contribution >= 4 is 5.97 Å². The molecular weight excluding hydrogens is 242 g/mol. The Morgan fingerprint density at radius 3 is 2.63 bits per heavy atom. The van der Waals surface area contributed by atoms with E-state index in [1.54, 1.807) is 13.8 Å². The van der Waals surface area contributed by atoms with Crippen LogP contribution in [-0.4, -0.2) is 66.7 Å². The van der Waals surface area contributed by atoms with Crippen molar-refractivity contribution in [2.45, 2.75) is 45.7 Å². The number of carbonyl (C=O) groups is 1. The van der Waals surface area contributed by atoms with E-state index in [0.29, 0.717) is 19.1 Å². The Morgan fingerprint density at radius 1 is 1.42 bits per heavy atom. The van der Waals surface area contributed by atoms with Gasteiger partial charge in [0.1, 0.15) is 5.54 Å². The smallest absolute Gasteiger partial charge is 0.325 e. The molecule has 1 saturated heterocycles. The molecule has 1 heterocycles. The van der Waals surface area contributed by atoms with E-state index >= 15 is 0 Å². The normalized spacial score (nSPS) is 25.0. The van der Waals surface area contributed by atoms with Gasteiger partial charge in [-0.3, -0.25) is 9.69 Å². The zero-order valence-electron chi connectivity index (χ0n) is 12.8. The summed E-state index contributed by atoms with van der Waals surface area (Å²) in [7, 11) is 0. The minimum atomic E-state index is -0.874. The number of ether oxygens (including phenoxy) is 1. The molecule has 0 saturated carbocycles. The maximum atomic E-state index is 11.7. The Kier molecular flexibility index (Phi) is 6.23. The zero-order valence-corrected chi connectivity index (χ0v) is 12.8. The average molecular weight is 271 g/mol. The predicted molar refractivity (Wildman–Crippen MR) is 77.0 cm³/mol. The second kappa shape index (κ2) is 7.22. The van der Waals surface area contributed by atoms with Gasteiger partial charge in [-0.05, 0) is 33.7 Å². The molecule has 0 aromatic carbocycles. The average Bonchev–Trinajstić information content (AvgIpc) is 2.37. The van der Waals surface area contributed by atoms with E-state index in [-0.39, 0.29) is 5.97 Å². The standard InChI is InChI=1S/C14H29N3O2/c1-5-17-10-9-16(11-12(17)3)8-7-14(4,15)13(18)19-6-2/h12H,5-11,15H2,1-4H3. The highest BCUT2D eigenvalue weighted by Gasteiger charge is 2.31. The van der Waals surface area contributed by atoms with Crippen LogP contribution in [0, 0.1) is 0 Å². The van der Waals surface area contributed by atoms with Gasteiger partial charge in [0.05, 0.1) is 6.61 Å². The molecule has 0 bridgehead atoms. The summed E-state index contributed by atoms with van der Waals surface area (Å²) in [5, 5.41) is 0. The Hall–Kier alpha value is -0.650. The van der Waals surface area contributed by atoms with E-state index in [9.17, 15) is 4.79 Å². The minimum absolute atomic E-state index is 0.296. The third kappa shape index (κ3) is 4.75. The van der Waals surface area contributed by atoms with Crippen LogP contribution in [0.25, 0.3) is 0 Å². The van der Waals surface area contributed by atoms with E-state index in [4.69, 9.17) is 10.5 Å². The second-order valence-corrected chi connectivity index (χ2v) is 5.67. The number of likely N-dealkylation sites (N-methyl/N-ethyl adjacent to an activating group) is 1. The lowest BCUT2D eigenvalue weighted by Crippen LogP contribution is -2.54. The molecule has 0 amide bonds. The monoisotopic (exact) mass is 271 g/mol. The molecule has 0 spiro atoms. The van der Waals surface area contributed by atoms with Crippen molar-refractivity contribution < 1.29 is 9.53 Å². The summed E-state index contributed by atoms with van der Waals surface area (Å²) in [6.07, 6.45) is 0.644. The van der Waals surface area contributed by atoms with Gasteiger partial charge in [0.15, 0.2) is 0 Å². The van der Waals surface area contributed by atoms with Crippen LogP contribution < -0.4 is 5.73 Å². The van der Waals surface area contributed by atoms with Crippen LogP contribution in [0.2, 0.25) is 0 Å². The first-order valence-corrected chi connectivity index (χ1v) is 7.33. The van der Waals surface area contributed by atoms with Gasteiger partial charge in [-0.1, -0.05) is 6.92 Å². The van der Waals surface area contributed by atoms with Crippen LogP contribution in [0.15, 0.2) is 0 Å². The van der Waals surface area contributed by atoms with E-state index in [2.05, 4.69) is 23.6 Å². The van der Waals surface area contributed by atoms with Crippen LogP contribution in [0.1, 0.15) is 34.1 Å². The molecule has 19 heavy (non-hydrogen) atoms. The van der Waals surface area contributed by atoms with Crippen molar-refractivity contribution in [2.75, 3.05) is 39.3 Å². The summed E-state index contributed by atoms with van der Waals surface area (Å²) in [5.41, 5.74) is 5.17. The number of nitrogens with two attached hydrogens (primary N) is 1. The zero-order chi connectivity index (χ0) is 14.5. The second-order valence-electron chi connectivity index (χ2n) is 5.67. The van der Waals surface area contributed by atoms with Crippen molar-refractivity contribution in [2.24, 2.45) is 5.73 Å². The Bertz CT molecular complexity index is 294. The number of rotatable bonds is 6. The highest BCUT2D eigenvalue weighted by atomic mass is 16.5. The lowest BCUT2D eigenvalue weighted by atomic mass is 9.99. The Labute approximate surface area is 117 Å². The van der Waals surface area contributed by atoms with Gasteiger partial charge in [0.25, 0.3) is 0 Å². The summed E-state index contributed by atoms with van der Waals surface area (Å²) in [6, 6.07) is 0.574. The lowest BCUT2D eigenvalue weighted by molar-refractivity contribution is -0.149. The third-order valence-corrected chi connectivity index (χ3v) is 3.94. The minimum Gasteiger partial charge on any atom is -0.465 e. The molecule has 1 rings (SSSR count). The van der Waals surface area contributed by atoms with Crippen molar-refractivity contribution in [3.05, 3.63) is 0 Å². The van der Waals surface area contributed by atoms with Gasteiger partial charge in [0, 0.05) is 32.2 Å². The topological polar surface area (TPSA) is 58.8 Å². The van der Waals surface area contributed by atoms with Gasteiger partial charge >= 0.3 is 5.97 Å². The molecule has 1 fully saturated rings. The molecule has 1 aliphatic rings. The number of hydrogen-bond acceptors (Lipinski definition) is 5. The molecule has 1 aliphatic heterocycles. The van der Waals surface area contributed by atoms with Gasteiger partial charge < -0.3 is 15.4 Å². The van der Waals surface area contributed by atoms with E-state index < -0.39 is 5.54 Å². The first-order chi connectivity index (χ1) is 8.90. The van der Waals surface area contributed by atoms with E-state index in [1.807, 2.05) is 0 Å². The van der Waals surface area contributed by atoms with Crippen molar-refractivity contribution in [3.8, 4) is 0 Å². The third-order valence-electron chi connectivity index (χ3n) is 3.94. The number of nitrogens with zero attached hydrogens (tertiary/aromatic N) is 2. The molecule has 0 radical (unpaired) electrons. The molecule has 2 unspecified atom stereocenters. The van der Waals surface area contributed by atoms with Gasteiger partial charge in [-0.15, -0.1) is 0 Å².